The molecule has 28 heavy (non-hydrogen) atoms. The molecule has 0 aliphatic rings. The molecule has 3 N–H and O–H groups in total. The van der Waals surface area contributed by atoms with Gasteiger partial charge in [0.05, 0.1) is 0 Å². The normalized spacial score (nSPS) is 12.6. The maximum absolute atomic E-state index is 10.6. The van der Waals surface area contributed by atoms with Gasteiger partial charge in [0.1, 0.15) is 0 Å². The van der Waals surface area contributed by atoms with Crippen molar-refractivity contribution in [1.82, 2.24) is 0 Å². The van der Waals surface area contributed by atoms with Crippen LogP contribution in [0.1, 0.15) is 129 Å². The molecule has 166 valence electrons. The van der Waals surface area contributed by atoms with E-state index in [0.29, 0.717) is 18.9 Å². The molecule has 0 aromatic carbocycles. The Bertz CT molecular complexity index is 354. The zero-order valence-electron chi connectivity index (χ0n) is 18.8. The minimum absolute atomic E-state index is 0.162. The molecule has 0 aromatic heterocycles. The molecule has 0 spiro atoms. The summed E-state index contributed by atoms with van der Waals surface area (Å²) in [6.07, 6.45) is 28.5. The van der Waals surface area contributed by atoms with E-state index >= 15 is 0 Å². The topological polar surface area (TPSA) is 63.3 Å². The zero-order chi connectivity index (χ0) is 20.7. The maximum Gasteiger partial charge on any atom is 0.217 e. The molecule has 0 radical (unpaired) electrons. The van der Waals surface area contributed by atoms with E-state index in [9.17, 15) is 4.79 Å². The summed E-state index contributed by atoms with van der Waals surface area (Å²) in [7, 11) is 0. The van der Waals surface area contributed by atoms with Gasteiger partial charge < -0.3 is 10.8 Å². The third-order valence-corrected chi connectivity index (χ3v) is 5.59. The molecule has 3 nitrogen and oxygen atoms in total. The lowest BCUT2D eigenvalue weighted by Gasteiger charge is -2.06. The van der Waals surface area contributed by atoms with Crippen molar-refractivity contribution in [3.8, 4) is 0 Å². The standard InChI is InChI=1S/C25H49NO2/c1-24(23-27)21-19-17-15-13-11-9-7-5-3-2-4-6-8-10-12-14-16-18-20-22-25(26)28/h3,5,24,27H,2,4,6-23H2,1H3,(H2,26,28)/b5-3-. The van der Waals surface area contributed by atoms with Gasteiger partial charge in [-0.15, -0.1) is 0 Å². The second-order valence-corrected chi connectivity index (χ2v) is 8.64. The van der Waals surface area contributed by atoms with Crippen LogP contribution >= 0.6 is 0 Å². The van der Waals surface area contributed by atoms with E-state index in [-0.39, 0.29) is 5.91 Å². The predicted octanol–water partition coefficient (Wildman–Crippen LogP) is 7.07. The number of carbonyl (C=O) groups excluding carboxylic acids is 1. The van der Waals surface area contributed by atoms with Crippen molar-refractivity contribution >= 4 is 5.91 Å². The number of carbonyl (C=O) groups is 1. The van der Waals surface area contributed by atoms with Crippen molar-refractivity contribution in [2.75, 3.05) is 6.61 Å². The number of amides is 1. The molecule has 0 aliphatic heterocycles. The van der Waals surface area contributed by atoms with E-state index in [0.717, 1.165) is 12.8 Å². The summed E-state index contributed by atoms with van der Waals surface area (Å²) in [5.41, 5.74) is 5.14. The van der Waals surface area contributed by atoms with E-state index < -0.39 is 0 Å². The van der Waals surface area contributed by atoms with Crippen molar-refractivity contribution in [3.63, 3.8) is 0 Å². The molecule has 0 saturated carbocycles. The van der Waals surface area contributed by atoms with Crippen LogP contribution in [0.3, 0.4) is 0 Å². The number of primary amides is 1. The van der Waals surface area contributed by atoms with Gasteiger partial charge in [0.2, 0.25) is 5.91 Å². The molecule has 0 bridgehead atoms. The molecule has 1 unspecified atom stereocenters. The Morgan fingerprint density at radius 2 is 1.11 bits per heavy atom. The van der Waals surface area contributed by atoms with Crippen molar-refractivity contribution in [1.29, 1.82) is 0 Å². The molecule has 0 heterocycles. The lowest BCUT2D eigenvalue weighted by molar-refractivity contribution is -0.118. The van der Waals surface area contributed by atoms with Crippen molar-refractivity contribution < 1.29 is 9.90 Å². The fraction of sp³-hybridized carbons (Fsp3) is 0.880. The molecule has 0 rings (SSSR count). The van der Waals surface area contributed by atoms with Gasteiger partial charge in [-0.05, 0) is 44.4 Å². The van der Waals surface area contributed by atoms with Crippen LogP contribution in [0.5, 0.6) is 0 Å². The molecular formula is C25H49NO2. The van der Waals surface area contributed by atoms with Gasteiger partial charge in [-0.2, -0.15) is 0 Å². The van der Waals surface area contributed by atoms with Crippen LogP contribution in [0.2, 0.25) is 0 Å². The van der Waals surface area contributed by atoms with E-state index in [1.807, 2.05) is 0 Å². The van der Waals surface area contributed by atoms with Crippen molar-refractivity contribution in [3.05, 3.63) is 12.2 Å². The van der Waals surface area contributed by atoms with Gasteiger partial charge in [0, 0.05) is 13.0 Å². The first-order valence-electron chi connectivity index (χ1n) is 12.2. The van der Waals surface area contributed by atoms with Gasteiger partial charge in [0.25, 0.3) is 0 Å². The van der Waals surface area contributed by atoms with Crippen LogP contribution in [0.4, 0.5) is 0 Å². The monoisotopic (exact) mass is 395 g/mol. The van der Waals surface area contributed by atoms with Crippen LogP contribution in [0, 0.1) is 5.92 Å². The number of nitrogens with two attached hydrogens (primary N) is 1. The first-order valence-corrected chi connectivity index (χ1v) is 12.2. The number of aliphatic hydroxyl groups is 1. The third kappa shape index (κ3) is 23.2. The summed E-state index contributed by atoms with van der Waals surface area (Å²) >= 11 is 0. The highest BCUT2D eigenvalue weighted by Gasteiger charge is 1.99. The van der Waals surface area contributed by atoms with E-state index in [1.54, 1.807) is 0 Å². The smallest absolute Gasteiger partial charge is 0.217 e. The molecule has 3 heteroatoms. The lowest BCUT2D eigenvalue weighted by atomic mass is 10.0. The third-order valence-electron chi connectivity index (χ3n) is 5.59. The summed E-state index contributed by atoms with van der Waals surface area (Å²) in [4.78, 5) is 10.6. The highest BCUT2D eigenvalue weighted by Crippen LogP contribution is 2.13. The van der Waals surface area contributed by atoms with Gasteiger partial charge in [0.15, 0.2) is 0 Å². The number of hydrogen-bond donors (Lipinski definition) is 2. The Morgan fingerprint density at radius 3 is 1.54 bits per heavy atom. The van der Waals surface area contributed by atoms with Crippen LogP contribution in [-0.4, -0.2) is 17.6 Å². The lowest BCUT2D eigenvalue weighted by Crippen LogP contribution is -2.09. The molecule has 1 atom stereocenters. The number of hydrogen-bond acceptors (Lipinski definition) is 2. The Labute approximate surface area is 175 Å². The highest BCUT2D eigenvalue weighted by atomic mass is 16.3. The van der Waals surface area contributed by atoms with Crippen LogP contribution in [0.25, 0.3) is 0 Å². The van der Waals surface area contributed by atoms with E-state index in [2.05, 4.69) is 19.1 Å². The number of rotatable bonds is 22. The van der Waals surface area contributed by atoms with Crippen molar-refractivity contribution in [2.24, 2.45) is 11.7 Å². The van der Waals surface area contributed by atoms with Gasteiger partial charge in [-0.25, -0.2) is 0 Å². The maximum atomic E-state index is 10.6. The Kier molecular flexibility index (Phi) is 21.8. The second kappa shape index (κ2) is 22.5. The SMILES string of the molecule is CC(CO)CCCCCCCC/C=C\CCCCCCCCCCCC(N)=O. The Hall–Kier alpha value is -0.830. The first-order chi connectivity index (χ1) is 13.7. The molecule has 0 aromatic rings. The number of aliphatic hydroxyl groups excluding tert-OH is 1. The van der Waals surface area contributed by atoms with Gasteiger partial charge in [-0.1, -0.05) is 96.1 Å². The largest absolute Gasteiger partial charge is 0.396 e. The Morgan fingerprint density at radius 1 is 0.714 bits per heavy atom. The van der Waals surface area contributed by atoms with Crippen molar-refractivity contribution in [2.45, 2.75) is 129 Å². The molecule has 0 aliphatic carbocycles. The van der Waals surface area contributed by atoms with Crippen LogP contribution < -0.4 is 5.73 Å². The minimum atomic E-state index is -0.162. The summed E-state index contributed by atoms with van der Waals surface area (Å²) in [6.45, 7) is 2.47. The van der Waals surface area contributed by atoms with Crippen LogP contribution in [0.15, 0.2) is 12.2 Å². The molecule has 0 saturated heterocycles. The van der Waals surface area contributed by atoms with Crippen LogP contribution in [-0.2, 0) is 4.79 Å². The summed E-state index contributed by atoms with van der Waals surface area (Å²) < 4.78 is 0. The second-order valence-electron chi connectivity index (χ2n) is 8.64. The zero-order valence-corrected chi connectivity index (χ0v) is 18.8. The van der Waals surface area contributed by atoms with Gasteiger partial charge in [-0.3, -0.25) is 4.79 Å². The summed E-state index contributed by atoms with van der Waals surface area (Å²) in [6, 6.07) is 0. The molecular weight excluding hydrogens is 346 g/mol. The Balaban J connectivity index is 3.11. The molecule has 0 fully saturated rings. The fourth-order valence-corrected chi connectivity index (χ4v) is 3.59. The van der Waals surface area contributed by atoms with Gasteiger partial charge >= 0.3 is 0 Å². The van der Waals surface area contributed by atoms with E-state index in [4.69, 9.17) is 10.8 Å². The average Bonchev–Trinajstić information content (AvgIpc) is 2.68. The first kappa shape index (κ1) is 27.2. The quantitative estimate of drug-likeness (QED) is 0.152. The number of allylic oxidation sites excluding steroid dienone is 2. The fourth-order valence-electron chi connectivity index (χ4n) is 3.59. The van der Waals surface area contributed by atoms with E-state index in [1.165, 1.54) is 103 Å². The summed E-state index contributed by atoms with van der Waals surface area (Å²) in [5, 5.41) is 8.99. The predicted molar refractivity (Wildman–Crippen MR) is 122 cm³/mol. The average molecular weight is 396 g/mol. The molecule has 1 amide bonds. The summed E-state index contributed by atoms with van der Waals surface area (Å²) in [5.74, 6) is 0.320. The highest BCUT2D eigenvalue weighted by molar-refractivity contribution is 5.73. The number of unbranched alkanes of at least 4 members (excludes halogenated alkanes) is 15. The minimum Gasteiger partial charge on any atom is -0.396 e.